The Balaban J connectivity index is -0.000000873. The quantitative estimate of drug-likeness (QED) is 0.0144. The van der Waals surface area contributed by atoms with E-state index in [-0.39, 0.29) is 176 Å². The summed E-state index contributed by atoms with van der Waals surface area (Å²) >= 11 is 0. The third-order valence-corrected chi connectivity index (χ3v) is 22.4. The number of rotatable bonds is 51. The number of pyridine rings is 4. The first-order valence-corrected chi connectivity index (χ1v) is 50.0. The third-order valence-electron chi connectivity index (χ3n) is 21.3. The molecule has 4 aliphatic rings. The van der Waals surface area contributed by atoms with Crippen LogP contribution in [-0.2, 0) is 172 Å². The molecule has 4 aromatic heterocycles. The fraction of sp³-hybridized carbons (Fsp3) is 0.670. The topological polar surface area (TPSA) is 609 Å². The number of hydrogen-bond acceptors (Lipinski definition) is 30. The number of ether oxygens (including phenoxy) is 3. The Hall–Kier alpha value is -8.49. The second kappa shape index (κ2) is 79.6. The van der Waals surface area contributed by atoms with Crippen LogP contribution in [-0.4, -0.2) is 348 Å². The van der Waals surface area contributed by atoms with E-state index in [2.05, 4.69) is 75.3 Å². The maximum Gasteiger partial charge on any atom is 2.00 e. The van der Waals surface area contributed by atoms with Gasteiger partial charge in [-0.1, -0.05) is 139 Å². The Kier molecular flexibility index (Phi) is 78.4. The molecule has 0 bridgehead atoms. The second-order valence-corrected chi connectivity index (χ2v) is 37.3. The monoisotopic (exact) mass is 2240 g/mol. The summed E-state index contributed by atoms with van der Waals surface area (Å²) in [6.45, 7) is 27.4. The number of nitrogens with zero attached hydrogens (tertiary/aromatic N) is 12. The van der Waals surface area contributed by atoms with E-state index >= 15 is 0 Å². The van der Waals surface area contributed by atoms with Crippen molar-refractivity contribution in [3.63, 3.8) is 0 Å². The standard InChI is InChI=1S/C22H34N3O10P.3C21H31N3O7.4C3H8.4Mn/c1-15(2)35-36(32,33)34-14-16-6-5-9-23-17(16)10-24(11-20(26)27)18-7-3-4-8-19(18)25(12-21(28)29)13-22(30)31;1-14(2)31-18-8-5-9-22-15(18)10-23(11-19(25)26)16-6-3-4-7-17(16)24(12-20(27)28)13-21(29)30;1-14(2)31-16-7-8-22-15(9-16)10-23(11-19(25)26)17-5-3-4-6-18(17)24(12-20(27)28)13-21(29)30;1-14(2)31-16-8-7-15(22-9-16)10-23(11-19(25)26)17-5-3-4-6-18(17)24(12-20(27)28)13-21(29)30;4*1-3-2;;;;/h5-6,9,15,18-19H,3-4,7-8,10-14H2,1-2H3,(H,26,27)(H,28,29)(H,30,31)(H,32,33);5,8-9,14,16-17H,3-4,6-7,10-13H2,1-2H3,(H,25,26)(H,27,28)(H,29,30);2*7-9,14,17-18H,3-6,10-13H2,1-2H3,(H,25,26)(H,27,28)(H,29,30);4*3H2,1-2H3;;;;/q;;;;;;;;4*+2/t18-,19?;16-,17?;2*17-,18?;;;;;;;;/m0000......../s1. The van der Waals surface area contributed by atoms with E-state index in [0.717, 1.165) is 51.4 Å². The maximum absolute atomic E-state index is 12.1. The van der Waals surface area contributed by atoms with Gasteiger partial charge in [-0.3, -0.25) is 126 Å². The van der Waals surface area contributed by atoms with Crippen LogP contribution < -0.4 is 14.2 Å². The molecule has 4 radical (unpaired) electrons. The Morgan fingerprint density at radius 2 is 0.579 bits per heavy atom. The summed E-state index contributed by atoms with van der Waals surface area (Å²) in [5, 5.41) is 112. The molecule has 0 saturated heterocycles. The molecule has 43 nitrogen and oxygen atoms in total. The van der Waals surface area contributed by atoms with Gasteiger partial charge in [-0.05, 0) is 143 Å². The van der Waals surface area contributed by atoms with Crippen molar-refractivity contribution in [1.29, 1.82) is 0 Å². The number of aromatic nitrogens is 4. The number of carboxylic acids is 12. The minimum absolute atomic E-state index is 0. The first kappa shape index (κ1) is 143. The van der Waals surface area contributed by atoms with Crippen LogP contribution in [0.3, 0.4) is 0 Å². The van der Waals surface area contributed by atoms with Crippen molar-refractivity contribution in [3.8, 4) is 17.2 Å². The largest absolute Gasteiger partial charge is 2.00 e. The molecular weight excluding hydrogens is 2080 g/mol. The summed E-state index contributed by atoms with van der Waals surface area (Å²) in [4.78, 5) is 177. The molecule has 5 unspecified atom stereocenters. The van der Waals surface area contributed by atoms with Crippen LogP contribution in [0, 0.1) is 0 Å². The molecule has 145 heavy (non-hydrogen) atoms. The van der Waals surface area contributed by atoms with Crippen molar-refractivity contribution in [3.05, 3.63) is 102 Å². The molecule has 0 aromatic carbocycles. The zero-order chi connectivity index (χ0) is 107. The van der Waals surface area contributed by atoms with Crippen LogP contribution in [0.4, 0.5) is 0 Å². The zero-order valence-electron chi connectivity index (χ0n) is 86.5. The minimum atomic E-state index is -4.32. The van der Waals surface area contributed by atoms with Crippen LogP contribution in [0.5, 0.6) is 17.2 Å². The van der Waals surface area contributed by atoms with Gasteiger partial charge < -0.3 is 80.4 Å². The van der Waals surface area contributed by atoms with E-state index in [9.17, 15) is 128 Å². The summed E-state index contributed by atoms with van der Waals surface area (Å²) in [6.07, 6.45) is 22.0. The van der Waals surface area contributed by atoms with Crippen molar-refractivity contribution in [1.82, 2.24) is 59.1 Å². The minimum Gasteiger partial charge on any atom is -0.491 e. The summed E-state index contributed by atoms with van der Waals surface area (Å²) in [5.41, 5.74) is 2.74. The van der Waals surface area contributed by atoms with Gasteiger partial charge in [-0.15, -0.1) is 0 Å². The Morgan fingerprint density at radius 1 is 0.317 bits per heavy atom. The molecule has 0 amide bonds. The average Bonchev–Trinajstić information content (AvgIpc) is 0.820. The molecular formula is C97H159Mn4N12O31P+8. The van der Waals surface area contributed by atoms with Gasteiger partial charge in [0.25, 0.3) is 0 Å². The molecule has 4 heterocycles. The summed E-state index contributed by atoms with van der Waals surface area (Å²) in [7, 11) is -4.32. The molecule has 4 aliphatic carbocycles. The summed E-state index contributed by atoms with van der Waals surface area (Å²) < 4.78 is 39.2. The number of phosphoric ester groups is 1. The number of aliphatic carboxylic acids is 12. The molecule has 13 N–H and O–H groups in total. The SMILES string of the molecule is CC(C)OP(=O)(O)OCc1cccnc1CN(CC(=O)O)[C@H]1CCCCC1N(CC(=O)O)CC(=O)O.CC(C)Oc1ccc(CN(CC(=O)O)[C@H]2CCCCC2N(CC(=O)O)CC(=O)O)nc1.CC(C)Oc1cccnc1CN(CC(=O)O)[C@H]1CCCCC1N(CC(=O)O)CC(=O)O.CC(C)Oc1ccnc(CN(CC(=O)O)[C@H]2CCCCC2N(CC(=O)O)CC(=O)O)c1.CCC.CCC.CCC.CCC.[Mn+2].[Mn+2].[Mn+2].[Mn+2]. The summed E-state index contributed by atoms with van der Waals surface area (Å²) in [5.74, 6) is -11.4. The predicted molar refractivity (Wildman–Crippen MR) is 523 cm³/mol. The molecule has 4 saturated carbocycles. The predicted octanol–water partition coefficient (Wildman–Crippen LogP) is 12.1. The van der Waals surface area contributed by atoms with Crippen molar-refractivity contribution in [2.24, 2.45) is 0 Å². The van der Waals surface area contributed by atoms with Gasteiger partial charge in [0.2, 0.25) is 0 Å². The number of carboxylic acid groups (broad SMARTS) is 12. The Bertz CT molecular complexity index is 4360. The third kappa shape index (κ3) is 62.5. The van der Waals surface area contributed by atoms with Crippen molar-refractivity contribution < 1.29 is 220 Å². The normalized spacial score (nSPS) is 17.6. The van der Waals surface area contributed by atoms with Gasteiger partial charge in [0.15, 0.2) is 0 Å². The zero-order valence-corrected chi connectivity index (χ0v) is 92.1. The van der Waals surface area contributed by atoms with E-state index in [1.165, 1.54) is 51.5 Å². The van der Waals surface area contributed by atoms with Crippen LogP contribution in [0.25, 0.3) is 0 Å². The second-order valence-electron chi connectivity index (χ2n) is 35.9. The molecule has 4 aromatic rings. The Labute approximate surface area is 894 Å². The van der Waals surface area contributed by atoms with Gasteiger partial charge in [-0.2, -0.15) is 0 Å². The fourth-order valence-electron chi connectivity index (χ4n) is 16.8. The van der Waals surface area contributed by atoms with Crippen LogP contribution in [0.1, 0.15) is 268 Å². The molecule has 4 fully saturated rings. The molecule has 48 heteroatoms. The van der Waals surface area contributed by atoms with Crippen molar-refractivity contribution in [2.75, 3.05) is 78.5 Å². The number of hydrogen-bond donors (Lipinski definition) is 13. The van der Waals surface area contributed by atoms with Crippen LogP contribution in [0.2, 0.25) is 0 Å². The van der Waals surface area contributed by atoms with Gasteiger partial charge in [0, 0.05) is 105 Å². The Morgan fingerprint density at radius 3 is 0.862 bits per heavy atom. The molecule has 0 aliphatic heterocycles. The molecule has 0 spiro atoms. The van der Waals surface area contributed by atoms with Gasteiger partial charge >= 0.3 is 148 Å². The van der Waals surface area contributed by atoms with Crippen LogP contribution >= 0.6 is 7.82 Å². The first-order chi connectivity index (χ1) is 66.5. The number of phosphoric acid groups is 1. The number of carbonyl (C=O) groups is 12. The first-order valence-electron chi connectivity index (χ1n) is 48.5. The maximum atomic E-state index is 12.1. The van der Waals surface area contributed by atoms with Gasteiger partial charge in [0.1, 0.15) is 17.2 Å². The van der Waals surface area contributed by atoms with Crippen LogP contribution in [0.15, 0.2) is 73.3 Å². The van der Waals surface area contributed by atoms with E-state index < -0.39 is 156 Å². The average molecular weight is 2240 g/mol. The molecule has 8 rings (SSSR count). The van der Waals surface area contributed by atoms with E-state index in [0.29, 0.717) is 97.0 Å². The van der Waals surface area contributed by atoms with E-state index in [1.54, 1.807) is 101 Å². The molecule has 818 valence electrons. The summed E-state index contributed by atoms with van der Waals surface area (Å²) in [6, 6.07) is 10.8. The molecule has 9 atom stereocenters. The van der Waals surface area contributed by atoms with Crippen molar-refractivity contribution >= 4 is 79.5 Å². The van der Waals surface area contributed by atoms with Crippen molar-refractivity contribution in [2.45, 2.75) is 345 Å². The van der Waals surface area contributed by atoms with E-state index in [1.807, 2.05) is 41.5 Å². The smallest absolute Gasteiger partial charge is 0.491 e. The van der Waals surface area contributed by atoms with Gasteiger partial charge in [-0.25, -0.2) is 4.57 Å². The fourth-order valence-corrected chi connectivity index (χ4v) is 17.7. The van der Waals surface area contributed by atoms with E-state index in [4.69, 9.17) is 23.3 Å². The van der Waals surface area contributed by atoms with Gasteiger partial charge in [0.05, 0.1) is 139 Å².